The molecule has 4 rings (SSSR count). The van der Waals surface area contributed by atoms with Gasteiger partial charge in [0.1, 0.15) is 6.54 Å². The molecule has 0 bridgehead atoms. The first kappa shape index (κ1) is 14.9. The third-order valence-electron chi connectivity index (χ3n) is 4.41. The molecule has 2 aliphatic rings. The molecule has 2 aliphatic heterocycles. The lowest BCUT2D eigenvalue weighted by Gasteiger charge is -2.21. The fraction of sp³-hybridized carbons (Fsp3) is 0.167. The summed E-state index contributed by atoms with van der Waals surface area (Å²) >= 11 is 5.98. The third kappa shape index (κ3) is 2.20. The Balaban J connectivity index is 1.57. The molecule has 24 heavy (non-hydrogen) atoms. The van der Waals surface area contributed by atoms with Crippen LogP contribution in [-0.2, 0) is 11.2 Å². The topological polar surface area (TPSA) is 57.7 Å². The summed E-state index contributed by atoms with van der Waals surface area (Å²) in [7, 11) is 0. The van der Waals surface area contributed by atoms with E-state index in [2.05, 4.69) is 0 Å². The van der Waals surface area contributed by atoms with Crippen LogP contribution in [0.25, 0.3) is 0 Å². The molecule has 2 aromatic rings. The minimum atomic E-state index is -0.417. The van der Waals surface area contributed by atoms with Gasteiger partial charge in [-0.15, -0.1) is 0 Å². The van der Waals surface area contributed by atoms with Crippen LogP contribution in [0.15, 0.2) is 42.5 Å². The Bertz CT molecular complexity index is 859. The van der Waals surface area contributed by atoms with Gasteiger partial charge in [-0.05, 0) is 42.3 Å². The summed E-state index contributed by atoms with van der Waals surface area (Å²) in [4.78, 5) is 40.0. The smallest absolute Gasteiger partial charge is 0.262 e. The average molecular weight is 341 g/mol. The van der Waals surface area contributed by atoms with E-state index in [0.29, 0.717) is 29.1 Å². The maximum Gasteiger partial charge on any atom is 0.262 e. The average Bonchev–Trinajstić information content (AvgIpc) is 3.10. The van der Waals surface area contributed by atoms with E-state index in [1.807, 2.05) is 6.07 Å². The highest BCUT2D eigenvalue weighted by Crippen LogP contribution is 2.31. The van der Waals surface area contributed by atoms with E-state index in [0.717, 1.165) is 16.2 Å². The summed E-state index contributed by atoms with van der Waals surface area (Å²) in [5, 5.41) is 0.628. The number of benzene rings is 2. The Hall–Kier alpha value is -2.66. The number of hydrogen-bond acceptors (Lipinski definition) is 3. The summed E-state index contributed by atoms with van der Waals surface area (Å²) in [6.07, 6.45) is 0.712. The summed E-state index contributed by atoms with van der Waals surface area (Å²) in [5.41, 5.74) is 2.49. The van der Waals surface area contributed by atoms with E-state index < -0.39 is 11.8 Å². The van der Waals surface area contributed by atoms with Crippen molar-refractivity contribution in [3.63, 3.8) is 0 Å². The lowest BCUT2D eigenvalue weighted by molar-refractivity contribution is -0.118. The van der Waals surface area contributed by atoms with Crippen LogP contribution in [0.1, 0.15) is 26.3 Å². The number of imide groups is 1. The standard InChI is InChI=1S/C18H13ClN2O3/c19-12-5-6-15-11(9-12)7-8-20(15)16(22)10-21-17(23)13-3-1-2-4-14(13)18(21)24/h1-6,9H,7-8,10H2. The van der Waals surface area contributed by atoms with E-state index in [1.165, 1.54) is 0 Å². The summed E-state index contributed by atoms with van der Waals surface area (Å²) in [5.74, 6) is -1.11. The molecule has 2 aromatic carbocycles. The fourth-order valence-electron chi connectivity index (χ4n) is 3.23. The van der Waals surface area contributed by atoms with Crippen molar-refractivity contribution >= 4 is 35.0 Å². The Morgan fingerprint density at radius 1 is 1.04 bits per heavy atom. The highest BCUT2D eigenvalue weighted by Gasteiger charge is 2.37. The van der Waals surface area contributed by atoms with Gasteiger partial charge in [0.2, 0.25) is 5.91 Å². The first-order chi connectivity index (χ1) is 11.6. The van der Waals surface area contributed by atoms with E-state index >= 15 is 0 Å². The lowest BCUT2D eigenvalue weighted by Crippen LogP contribution is -2.42. The SMILES string of the molecule is O=C1c2ccccc2C(=O)N1CC(=O)N1CCc2cc(Cl)ccc21. The molecule has 5 nitrogen and oxygen atoms in total. The van der Waals surface area contributed by atoms with Crippen molar-refractivity contribution in [2.75, 3.05) is 18.0 Å². The van der Waals surface area contributed by atoms with Gasteiger partial charge in [0.25, 0.3) is 11.8 Å². The van der Waals surface area contributed by atoms with Gasteiger partial charge in [-0.3, -0.25) is 19.3 Å². The number of rotatable bonds is 2. The van der Waals surface area contributed by atoms with Crippen LogP contribution in [0.4, 0.5) is 5.69 Å². The van der Waals surface area contributed by atoms with Crippen molar-refractivity contribution in [1.29, 1.82) is 0 Å². The second-order valence-corrected chi connectivity index (χ2v) is 6.25. The zero-order valence-corrected chi connectivity index (χ0v) is 13.4. The molecule has 120 valence electrons. The number of nitrogens with zero attached hydrogens (tertiary/aromatic N) is 2. The predicted octanol–water partition coefficient (Wildman–Crippen LogP) is 2.53. The van der Waals surface area contributed by atoms with E-state index in [1.54, 1.807) is 41.3 Å². The van der Waals surface area contributed by atoms with E-state index in [9.17, 15) is 14.4 Å². The Labute approximate surface area is 143 Å². The number of carbonyl (C=O) groups excluding carboxylic acids is 3. The zero-order valence-electron chi connectivity index (χ0n) is 12.7. The highest BCUT2D eigenvalue weighted by atomic mass is 35.5. The molecule has 0 radical (unpaired) electrons. The molecule has 0 N–H and O–H groups in total. The van der Waals surface area contributed by atoms with Crippen molar-refractivity contribution < 1.29 is 14.4 Å². The second-order valence-electron chi connectivity index (χ2n) is 5.81. The van der Waals surface area contributed by atoms with Crippen molar-refractivity contribution in [1.82, 2.24) is 4.90 Å². The molecule has 0 saturated carbocycles. The van der Waals surface area contributed by atoms with Crippen molar-refractivity contribution in [2.24, 2.45) is 0 Å². The fourth-order valence-corrected chi connectivity index (χ4v) is 3.43. The maximum absolute atomic E-state index is 12.6. The van der Waals surface area contributed by atoms with Gasteiger partial charge in [-0.1, -0.05) is 23.7 Å². The van der Waals surface area contributed by atoms with Crippen LogP contribution in [0, 0.1) is 0 Å². The largest absolute Gasteiger partial charge is 0.310 e. The number of halogens is 1. The predicted molar refractivity (Wildman–Crippen MR) is 89.3 cm³/mol. The minimum absolute atomic E-state index is 0.256. The number of hydrogen-bond donors (Lipinski definition) is 0. The highest BCUT2D eigenvalue weighted by molar-refractivity contribution is 6.30. The van der Waals surface area contributed by atoms with Crippen LogP contribution in [0.3, 0.4) is 0 Å². The normalized spacial score (nSPS) is 15.7. The molecule has 0 aromatic heterocycles. The molecular formula is C18H13ClN2O3. The van der Waals surface area contributed by atoms with Gasteiger partial charge in [0.05, 0.1) is 11.1 Å². The molecule has 6 heteroatoms. The van der Waals surface area contributed by atoms with E-state index in [4.69, 9.17) is 11.6 Å². The molecule has 3 amide bonds. The number of fused-ring (bicyclic) bond motifs is 2. The van der Waals surface area contributed by atoms with Crippen LogP contribution >= 0.6 is 11.6 Å². The first-order valence-electron chi connectivity index (χ1n) is 7.60. The van der Waals surface area contributed by atoms with Crippen LogP contribution in [0.5, 0.6) is 0 Å². The third-order valence-corrected chi connectivity index (χ3v) is 4.64. The van der Waals surface area contributed by atoms with Crippen molar-refractivity contribution in [3.05, 3.63) is 64.2 Å². The molecule has 0 saturated heterocycles. The second kappa shape index (κ2) is 5.46. The molecule has 2 heterocycles. The monoisotopic (exact) mass is 340 g/mol. The lowest BCUT2D eigenvalue weighted by atomic mass is 10.1. The van der Waals surface area contributed by atoms with Gasteiger partial charge in [0.15, 0.2) is 0 Å². The number of anilines is 1. The molecule has 0 unspecified atom stereocenters. The van der Waals surface area contributed by atoms with Crippen LogP contribution in [-0.4, -0.2) is 35.7 Å². The van der Waals surface area contributed by atoms with Gasteiger partial charge in [-0.2, -0.15) is 0 Å². The molecular weight excluding hydrogens is 328 g/mol. The van der Waals surface area contributed by atoms with Gasteiger partial charge in [0, 0.05) is 17.3 Å². The minimum Gasteiger partial charge on any atom is -0.310 e. The number of carbonyl (C=O) groups is 3. The van der Waals surface area contributed by atoms with Gasteiger partial charge < -0.3 is 4.90 Å². The molecule has 0 fully saturated rings. The Morgan fingerprint density at radius 3 is 2.38 bits per heavy atom. The maximum atomic E-state index is 12.6. The van der Waals surface area contributed by atoms with Crippen molar-refractivity contribution in [3.8, 4) is 0 Å². The zero-order chi connectivity index (χ0) is 16.8. The molecule has 0 atom stereocenters. The van der Waals surface area contributed by atoms with Gasteiger partial charge >= 0.3 is 0 Å². The Kier molecular flexibility index (Phi) is 3.39. The van der Waals surface area contributed by atoms with Crippen molar-refractivity contribution in [2.45, 2.75) is 6.42 Å². The van der Waals surface area contributed by atoms with E-state index in [-0.39, 0.29) is 12.5 Å². The molecule has 0 spiro atoms. The summed E-state index contributed by atoms with van der Waals surface area (Å²) in [6.45, 7) is 0.270. The summed E-state index contributed by atoms with van der Waals surface area (Å²) < 4.78 is 0. The van der Waals surface area contributed by atoms with Gasteiger partial charge in [-0.25, -0.2) is 0 Å². The summed E-state index contributed by atoms with van der Waals surface area (Å²) in [6, 6.07) is 12.0. The Morgan fingerprint density at radius 2 is 1.71 bits per heavy atom. The molecule has 0 aliphatic carbocycles. The quantitative estimate of drug-likeness (QED) is 0.789. The first-order valence-corrected chi connectivity index (χ1v) is 7.98. The van der Waals surface area contributed by atoms with Crippen LogP contribution < -0.4 is 4.90 Å². The van der Waals surface area contributed by atoms with Crippen LogP contribution in [0.2, 0.25) is 5.02 Å². The number of amides is 3.